The fraction of sp³-hybridized carbons (Fsp3) is 0.433. The number of hydrogen-bond donors (Lipinski definition) is 1. The second-order valence-electron chi connectivity index (χ2n) is 10.7. The number of nitrogens with zero attached hydrogens (tertiary/aromatic N) is 2. The van der Waals surface area contributed by atoms with Gasteiger partial charge in [-0.3, -0.25) is 9.55 Å². The minimum atomic E-state index is -3.46. The predicted octanol–water partition coefficient (Wildman–Crippen LogP) is 7.34. The Morgan fingerprint density at radius 2 is 1.72 bits per heavy atom. The van der Waals surface area contributed by atoms with Crippen LogP contribution in [0.5, 0.6) is 0 Å². The van der Waals surface area contributed by atoms with Crippen molar-refractivity contribution >= 4 is 24.0 Å². The van der Waals surface area contributed by atoms with Crippen LogP contribution >= 0.6 is 7.37 Å². The third-order valence-electron chi connectivity index (χ3n) is 7.40. The molecule has 1 aliphatic carbocycles. The molecule has 1 N–H and O–H groups in total. The summed E-state index contributed by atoms with van der Waals surface area (Å²) in [7, 11) is 0.561. The molecule has 0 radical (unpaired) electrons. The van der Waals surface area contributed by atoms with E-state index in [-0.39, 0.29) is 6.10 Å². The fourth-order valence-corrected chi connectivity index (χ4v) is 7.88. The molecule has 1 saturated carbocycles. The highest BCUT2D eigenvalue weighted by molar-refractivity contribution is 7.67. The molecule has 6 heteroatoms. The molecule has 1 fully saturated rings. The van der Waals surface area contributed by atoms with Crippen molar-refractivity contribution < 1.29 is 9.09 Å². The highest BCUT2D eigenvalue weighted by Crippen LogP contribution is 2.61. The first kappa shape index (κ1) is 26.4. The summed E-state index contributed by atoms with van der Waals surface area (Å²) in [5.41, 5.74) is 2.81. The van der Waals surface area contributed by atoms with Crippen molar-refractivity contribution in [1.82, 2.24) is 4.98 Å². The average Bonchev–Trinajstić information content (AvgIpc) is 2.88. The number of nitrogens with one attached hydrogen (secondary N) is 1. The first-order chi connectivity index (χ1) is 17.3. The van der Waals surface area contributed by atoms with Crippen LogP contribution in [0.2, 0.25) is 0 Å². The number of pyridine rings is 1. The lowest BCUT2D eigenvalue weighted by Gasteiger charge is -2.41. The average molecular weight is 506 g/mol. The Labute approximate surface area is 216 Å². The molecule has 2 aromatic carbocycles. The van der Waals surface area contributed by atoms with E-state index in [0.717, 1.165) is 35.1 Å². The molecule has 1 heterocycles. The lowest BCUT2D eigenvalue weighted by Crippen LogP contribution is -2.35. The molecular weight excluding hydrogens is 465 g/mol. The molecule has 4 rings (SSSR count). The number of benzene rings is 2. The van der Waals surface area contributed by atoms with Crippen molar-refractivity contribution in [3.8, 4) is 0 Å². The lowest BCUT2D eigenvalue weighted by molar-refractivity contribution is 0.0488. The molecule has 0 bridgehead atoms. The highest BCUT2D eigenvalue weighted by atomic mass is 31.2. The molecular formula is C30H40N3O2P. The number of para-hydroxylation sites is 1. The molecule has 5 nitrogen and oxygen atoms in total. The number of rotatable bonds is 9. The molecule has 36 heavy (non-hydrogen) atoms. The summed E-state index contributed by atoms with van der Waals surface area (Å²) in [5, 5.41) is 4.31. The van der Waals surface area contributed by atoms with Gasteiger partial charge in [0, 0.05) is 48.7 Å². The van der Waals surface area contributed by atoms with E-state index in [2.05, 4.69) is 31.1 Å². The van der Waals surface area contributed by atoms with Gasteiger partial charge in [-0.05, 0) is 73.1 Å². The number of hydrogen-bond acceptors (Lipinski definition) is 5. The van der Waals surface area contributed by atoms with Gasteiger partial charge in [0.25, 0.3) is 7.37 Å². The zero-order chi connectivity index (χ0) is 25.7. The standard InChI is InChI=1S/C30H40N3O2P/c1-22(2)28-18-13-23(3)20-29(28)35-36(34,27-16-14-26(15-17-27)33(4)5)30(24-10-9-19-31-21-24)32-25-11-7-6-8-12-25/h6-12,14-17,19,21-23,28-30,32H,13,18,20H2,1-5H3/t23-,28-,29+,30-,36+/m0/s1. The SMILES string of the molecule is CC(C)[C@@H]1CC[C@H](C)C[C@H]1O[P@](=O)(c1ccc(N(C)C)cc1)[C@H](Nc1ccccc1)c1cccnc1. The summed E-state index contributed by atoms with van der Waals surface area (Å²) in [6, 6.07) is 21.8. The minimum absolute atomic E-state index is 0.0650. The van der Waals surface area contributed by atoms with Crippen LogP contribution in [0.4, 0.5) is 11.4 Å². The maximum Gasteiger partial charge on any atom is 0.258 e. The molecule has 5 atom stereocenters. The van der Waals surface area contributed by atoms with Gasteiger partial charge in [0.2, 0.25) is 0 Å². The van der Waals surface area contributed by atoms with E-state index in [0.29, 0.717) is 17.8 Å². The first-order valence-electron chi connectivity index (χ1n) is 13.1. The predicted molar refractivity (Wildman–Crippen MR) is 151 cm³/mol. The van der Waals surface area contributed by atoms with Crippen LogP contribution in [0, 0.1) is 17.8 Å². The van der Waals surface area contributed by atoms with Crippen molar-refractivity contribution in [3.63, 3.8) is 0 Å². The van der Waals surface area contributed by atoms with Gasteiger partial charge in [0.05, 0.1) is 6.10 Å². The van der Waals surface area contributed by atoms with Gasteiger partial charge in [-0.15, -0.1) is 0 Å². The molecule has 0 unspecified atom stereocenters. The van der Waals surface area contributed by atoms with E-state index in [9.17, 15) is 0 Å². The van der Waals surface area contributed by atoms with Gasteiger partial charge in [-0.2, -0.15) is 0 Å². The Morgan fingerprint density at radius 1 is 1.00 bits per heavy atom. The van der Waals surface area contributed by atoms with Crippen LogP contribution in [0.15, 0.2) is 79.1 Å². The lowest BCUT2D eigenvalue weighted by atomic mass is 9.75. The Kier molecular flexibility index (Phi) is 8.54. The van der Waals surface area contributed by atoms with Gasteiger partial charge in [-0.1, -0.05) is 51.5 Å². The van der Waals surface area contributed by atoms with Crippen molar-refractivity contribution in [3.05, 3.63) is 84.7 Å². The Morgan fingerprint density at radius 3 is 2.33 bits per heavy atom. The molecule has 3 aromatic rings. The fourth-order valence-electron chi connectivity index (χ4n) is 5.26. The van der Waals surface area contributed by atoms with Crippen molar-refractivity contribution in [2.45, 2.75) is 51.9 Å². The summed E-state index contributed by atoms with van der Waals surface area (Å²) in [4.78, 5) is 6.42. The third kappa shape index (κ3) is 6.02. The largest absolute Gasteiger partial charge is 0.378 e. The van der Waals surface area contributed by atoms with Crippen LogP contribution in [0.1, 0.15) is 51.4 Å². The summed E-state index contributed by atoms with van der Waals surface area (Å²) >= 11 is 0. The van der Waals surface area contributed by atoms with Crippen LogP contribution in [0.3, 0.4) is 0 Å². The minimum Gasteiger partial charge on any atom is -0.378 e. The van der Waals surface area contributed by atoms with Crippen LogP contribution in [-0.2, 0) is 9.09 Å². The number of aromatic nitrogens is 1. The quantitative estimate of drug-likeness (QED) is 0.308. The maximum absolute atomic E-state index is 15.4. The molecule has 192 valence electrons. The Bertz CT molecular complexity index is 1140. The van der Waals surface area contributed by atoms with Gasteiger partial charge in [-0.25, -0.2) is 0 Å². The van der Waals surface area contributed by atoms with Crippen LogP contribution < -0.4 is 15.5 Å². The molecule has 1 aliphatic rings. The normalized spacial score (nSPS) is 22.6. The van der Waals surface area contributed by atoms with Crippen LogP contribution in [0.25, 0.3) is 0 Å². The summed E-state index contributed by atoms with van der Waals surface area (Å²) < 4.78 is 22.4. The second kappa shape index (κ2) is 11.6. The first-order valence-corrected chi connectivity index (χ1v) is 14.7. The van der Waals surface area contributed by atoms with Gasteiger partial charge < -0.3 is 14.7 Å². The van der Waals surface area contributed by atoms with Gasteiger partial charge >= 0.3 is 0 Å². The third-order valence-corrected chi connectivity index (χ3v) is 10.1. The molecule has 0 amide bonds. The smallest absolute Gasteiger partial charge is 0.258 e. The van der Waals surface area contributed by atoms with E-state index >= 15 is 4.57 Å². The highest BCUT2D eigenvalue weighted by Gasteiger charge is 2.43. The van der Waals surface area contributed by atoms with E-state index in [1.54, 1.807) is 12.4 Å². The van der Waals surface area contributed by atoms with Crippen LogP contribution in [-0.4, -0.2) is 25.2 Å². The van der Waals surface area contributed by atoms with E-state index in [1.807, 2.05) is 85.7 Å². The van der Waals surface area contributed by atoms with E-state index in [4.69, 9.17) is 4.52 Å². The Balaban J connectivity index is 1.83. The summed E-state index contributed by atoms with van der Waals surface area (Å²) in [6.45, 7) is 6.80. The zero-order valence-electron chi connectivity index (χ0n) is 22.2. The maximum atomic E-state index is 15.4. The molecule has 0 saturated heterocycles. The monoisotopic (exact) mass is 505 g/mol. The van der Waals surface area contributed by atoms with E-state index in [1.165, 1.54) is 6.42 Å². The zero-order valence-corrected chi connectivity index (χ0v) is 23.1. The number of anilines is 2. The van der Waals surface area contributed by atoms with Gasteiger partial charge in [0.1, 0.15) is 5.78 Å². The molecule has 1 aromatic heterocycles. The molecule has 0 aliphatic heterocycles. The van der Waals surface area contributed by atoms with Crippen molar-refractivity contribution in [2.24, 2.45) is 17.8 Å². The van der Waals surface area contributed by atoms with Crippen molar-refractivity contribution in [2.75, 3.05) is 24.3 Å². The second-order valence-corrected chi connectivity index (χ2v) is 13.1. The van der Waals surface area contributed by atoms with E-state index < -0.39 is 13.2 Å². The molecule has 0 spiro atoms. The summed E-state index contributed by atoms with van der Waals surface area (Å²) in [6.07, 6.45) is 6.70. The van der Waals surface area contributed by atoms with Crippen molar-refractivity contribution in [1.29, 1.82) is 0 Å². The topological polar surface area (TPSA) is 54.5 Å². The van der Waals surface area contributed by atoms with Gasteiger partial charge in [0.15, 0.2) is 0 Å². The Hall–Kier alpha value is -2.62. The summed E-state index contributed by atoms with van der Waals surface area (Å²) in [5.74, 6) is 0.824.